The van der Waals surface area contributed by atoms with Crippen LogP contribution >= 0.6 is 0 Å². The van der Waals surface area contributed by atoms with Crippen LogP contribution in [0.3, 0.4) is 0 Å². The molecule has 0 saturated heterocycles. The van der Waals surface area contributed by atoms with E-state index in [-0.39, 0.29) is 24.3 Å². The minimum Gasteiger partial charge on any atom is -0.355 e. The summed E-state index contributed by atoms with van der Waals surface area (Å²) in [5.41, 5.74) is 5.58. The summed E-state index contributed by atoms with van der Waals surface area (Å²) in [7, 11) is 0. The van der Waals surface area contributed by atoms with Crippen molar-refractivity contribution in [2.45, 2.75) is 40.0 Å². The number of hydrogen-bond acceptors (Lipinski definition) is 3. The van der Waals surface area contributed by atoms with Gasteiger partial charge in [-0.1, -0.05) is 20.8 Å². The van der Waals surface area contributed by atoms with E-state index in [4.69, 9.17) is 5.73 Å². The SMILES string of the molecule is CCCNC(=O)CN(CCC)C(=O)C(CC)CN. The number of carbonyl (C=O) groups excluding carboxylic acids is 2. The zero-order chi connectivity index (χ0) is 14.0. The highest BCUT2D eigenvalue weighted by molar-refractivity contribution is 5.86. The van der Waals surface area contributed by atoms with Gasteiger partial charge in [-0.25, -0.2) is 0 Å². The van der Waals surface area contributed by atoms with Gasteiger partial charge in [0, 0.05) is 19.6 Å². The van der Waals surface area contributed by atoms with E-state index in [0.29, 0.717) is 26.1 Å². The molecule has 0 rings (SSSR count). The van der Waals surface area contributed by atoms with Gasteiger partial charge in [0.05, 0.1) is 12.5 Å². The van der Waals surface area contributed by atoms with Crippen LogP contribution in [0.15, 0.2) is 0 Å². The molecule has 0 aliphatic rings. The van der Waals surface area contributed by atoms with Gasteiger partial charge in [0.15, 0.2) is 0 Å². The Balaban J connectivity index is 4.45. The lowest BCUT2D eigenvalue weighted by molar-refractivity contribution is -0.139. The normalized spacial score (nSPS) is 12.0. The molecule has 0 fully saturated rings. The number of nitrogens with two attached hydrogens (primary N) is 1. The lowest BCUT2D eigenvalue weighted by Crippen LogP contribution is -2.45. The molecule has 5 heteroatoms. The van der Waals surface area contributed by atoms with E-state index < -0.39 is 0 Å². The maximum Gasteiger partial charge on any atom is 0.239 e. The van der Waals surface area contributed by atoms with Gasteiger partial charge >= 0.3 is 0 Å². The van der Waals surface area contributed by atoms with Crippen molar-refractivity contribution in [2.24, 2.45) is 11.7 Å². The van der Waals surface area contributed by atoms with Gasteiger partial charge in [0.2, 0.25) is 11.8 Å². The van der Waals surface area contributed by atoms with Crippen molar-refractivity contribution in [3.8, 4) is 0 Å². The number of nitrogens with zero attached hydrogens (tertiary/aromatic N) is 1. The predicted molar refractivity (Wildman–Crippen MR) is 73.0 cm³/mol. The van der Waals surface area contributed by atoms with Gasteiger partial charge in [-0.3, -0.25) is 9.59 Å². The van der Waals surface area contributed by atoms with E-state index in [1.165, 1.54) is 0 Å². The van der Waals surface area contributed by atoms with Gasteiger partial charge in [-0.2, -0.15) is 0 Å². The van der Waals surface area contributed by atoms with E-state index in [9.17, 15) is 9.59 Å². The summed E-state index contributed by atoms with van der Waals surface area (Å²) in [4.78, 5) is 25.4. The molecule has 5 nitrogen and oxygen atoms in total. The summed E-state index contributed by atoms with van der Waals surface area (Å²) in [6.45, 7) is 7.67. The molecule has 3 N–H and O–H groups in total. The molecule has 0 spiro atoms. The number of hydrogen-bond donors (Lipinski definition) is 2. The summed E-state index contributed by atoms with van der Waals surface area (Å²) in [6, 6.07) is 0. The molecule has 0 aliphatic heterocycles. The van der Waals surface area contributed by atoms with Crippen LogP contribution in [0.2, 0.25) is 0 Å². The number of amides is 2. The van der Waals surface area contributed by atoms with Crippen molar-refractivity contribution < 1.29 is 9.59 Å². The minimum atomic E-state index is -0.171. The van der Waals surface area contributed by atoms with Gasteiger partial charge in [-0.15, -0.1) is 0 Å². The van der Waals surface area contributed by atoms with Crippen molar-refractivity contribution >= 4 is 11.8 Å². The highest BCUT2D eigenvalue weighted by Crippen LogP contribution is 2.07. The maximum atomic E-state index is 12.2. The summed E-state index contributed by atoms with van der Waals surface area (Å²) < 4.78 is 0. The first-order valence-corrected chi connectivity index (χ1v) is 6.86. The number of rotatable bonds is 9. The Morgan fingerprint density at radius 2 is 1.89 bits per heavy atom. The standard InChI is InChI=1S/C13H27N3O2/c1-4-7-15-12(17)10-16(8-5-2)13(18)11(6-3)9-14/h11H,4-10,14H2,1-3H3,(H,15,17). The fourth-order valence-electron chi connectivity index (χ4n) is 1.73. The minimum absolute atomic E-state index is 0.00602. The van der Waals surface area contributed by atoms with Crippen LogP contribution in [0.5, 0.6) is 0 Å². The summed E-state index contributed by atoms with van der Waals surface area (Å²) >= 11 is 0. The van der Waals surface area contributed by atoms with Crippen molar-refractivity contribution in [2.75, 3.05) is 26.2 Å². The molecule has 0 saturated carbocycles. The van der Waals surface area contributed by atoms with Crippen LogP contribution in [-0.4, -0.2) is 42.9 Å². The van der Waals surface area contributed by atoms with E-state index in [0.717, 1.165) is 12.8 Å². The zero-order valence-corrected chi connectivity index (χ0v) is 11.9. The first kappa shape index (κ1) is 16.9. The van der Waals surface area contributed by atoms with E-state index in [2.05, 4.69) is 5.32 Å². The fraction of sp³-hybridized carbons (Fsp3) is 0.846. The Kier molecular flexibility index (Phi) is 9.28. The topological polar surface area (TPSA) is 75.4 Å². The van der Waals surface area contributed by atoms with E-state index in [1.54, 1.807) is 4.90 Å². The van der Waals surface area contributed by atoms with Crippen LogP contribution < -0.4 is 11.1 Å². The second-order valence-corrected chi connectivity index (χ2v) is 4.45. The first-order valence-electron chi connectivity index (χ1n) is 6.86. The molecule has 2 amide bonds. The van der Waals surface area contributed by atoms with Crippen LogP contribution in [0.25, 0.3) is 0 Å². The molecule has 0 radical (unpaired) electrons. The second-order valence-electron chi connectivity index (χ2n) is 4.45. The Hall–Kier alpha value is -1.10. The second kappa shape index (κ2) is 9.88. The smallest absolute Gasteiger partial charge is 0.239 e. The quantitative estimate of drug-likeness (QED) is 0.639. The Morgan fingerprint density at radius 1 is 1.22 bits per heavy atom. The molecular weight excluding hydrogens is 230 g/mol. The third kappa shape index (κ3) is 6.00. The van der Waals surface area contributed by atoms with E-state index >= 15 is 0 Å². The molecule has 0 aromatic rings. The van der Waals surface area contributed by atoms with Crippen molar-refractivity contribution in [1.29, 1.82) is 0 Å². The van der Waals surface area contributed by atoms with Gasteiger partial charge < -0.3 is 16.0 Å². The van der Waals surface area contributed by atoms with Crippen LogP contribution in [0, 0.1) is 5.92 Å². The predicted octanol–water partition coefficient (Wildman–Crippen LogP) is 0.736. The third-order valence-electron chi connectivity index (χ3n) is 2.84. The van der Waals surface area contributed by atoms with Gasteiger partial charge in [0.25, 0.3) is 0 Å². The Labute approximate surface area is 110 Å². The fourth-order valence-corrected chi connectivity index (χ4v) is 1.73. The lowest BCUT2D eigenvalue weighted by atomic mass is 10.1. The van der Waals surface area contributed by atoms with Crippen molar-refractivity contribution in [3.05, 3.63) is 0 Å². The molecule has 106 valence electrons. The summed E-state index contributed by atoms with van der Waals surface area (Å²) in [6.07, 6.45) is 2.45. The van der Waals surface area contributed by atoms with Gasteiger partial charge in [-0.05, 0) is 19.3 Å². The first-order chi connectivity index (χ1) is 8.60. The average molecular weight is 257 g/mol. The highest BCUT2D eigenvalue weighted by Gasteiger charge is 2.22. The summed E-state index contributed by atoms with van der Waals surface area (Å²) in [5, 5.41) is 2.79. The monoisotopic (exact) mass is 257 g/mol. The zero-order valence-electron chi connectivity index (χ0n) is 11.9. The molecule has 0 aromatic heterocycles. The van der Waals surface area contributed by atoms with Crippen molar-refractivity contribution in [1.82, 2.24) is 10.2 Å². The molecule has 1 unspecified atom stereocenters. The lowest BCUT2D eigenvalue weighted by Gasteiger charge is -2.25. The molecule has 0 bridgehead atoms. The largest absolute Gasteiger partial charge is 0.355 e. The van der Waals surface area contributed by atoms with Crippen LogP contribution in [0.1, 0.15) is 40.0 Å². The van der Waals surface area contributed by atoms with E-state index in [1.807, 2.05) is 20.8 Å². The maximum absolute atomic E-state index is 12.2. The van der Waals surface area contributed by atoms with Crippen molar-refractivity contribution in [3.63, 3.8) is 0 Å². The molecule has 1 atom stereocenters. The number of carbonyl (C=O) groups is 2. The third-order valence-corrected chi connectivity index (χ3v) is 2.84. The Morgan fingerprint density at radius 3 is 2.33 bits per heavy atom. The average Bonchev–Trinajstić information content (AvgIpc) is 2.37. The molecular formula is C13H27N3O2. The Bertz CT molecular complexity index is 253. The molecule has 18 heavy (non-hydrogen) atoms. The van der Waals surface area contributed by atoms with Crippen LogP contribution in [-0.2, 0) is 9.59 Å². The molecule has 0 aromatic carbocycles. The highest BCUT2D eigenvalue weighted by atomic mass is 16.2. The molecule has 0 heterocycles. The summed E-state index contributed by atoms with van der Waals surface area (Å²) in [5.74, 6) is -0.269. The molecule has 0 aliphatic carbocycles. The van der Waals surface area contributed by atoms with Gasteiger partial charge in [0.1, 0.15) is 0 Å². The number of nitrogens with one attached hydrogen (secondary N) is 1. The van der Waals surface area contributed by atoms with Crippen LogP contribution in [0.4, 0.5) is 0 Å².